The van der Waals surface area contributed by atoms with Gasteiger partial charge in [-0.1, -0.05) is 84.0 Å². The van der Waals surface area contributed by atoms with Crippen molar-refractivity contribution in [3.63, 3.8) is 0 Å². The molecule has 3 aromatic heterocycles. The van der Waals surface area contributed by atoms with Crippen molar-refractivity contribution in [2.45, 2.75) is 6.92 Å². The van der Waals surface area contributed by atoms with Crippen molar-refractivity contribution in [2.75, 3.05) is 0 Å². The van der Waals surface area contributed by atoms with Crippen LogP contribution >= 0.6 is 0 Å². The van der Waals surface area contributed by atoms with E-state index in [0.29, 0.717) is 0 Å². The number of aromatic nitrogens is 4. The Kier molecular flexibility index (Phi) is 5.49. The second-order valence-corrected chi connectivity index (χ2v) is 12.5. The van der Waals surface area contributed by atoms with Crippen molar-refractivity contribution in [3.05, 3.63) is 133 Å². The van der Waals surface area contributed by atoms with Crippen molar-refractivity contribution in [2.24, 2.45) is 0 Å². The minimum absolute atomic E-state index is 0.956. The lowest BCUT2D eigenvalue weighted by atomic mass is 10.1. The number of hydrogen-bond donors (Lipinski definition) is 1. The van der Waals surface area contributed by atoms with E-state index in [-0.39, 0.29) is 0 Å². The van der Waals surface area contributed by atoms with Crippen LogP contribution in [0.25, 0.3) is 38.8 Å². The van der Waals surface area contributed by atoms with Crippen molar-refractivity contribution in [1.29, 1.82) is 0 Å². The highest BCUT2D eigenvalue weighted by atomic mass is 28.3. The number of fused-ring (bicyclic) bond motifs is 3. The molecule has 0 aliphatic rings. The molecule has 182 valence electrons. The van der Waals surface area contributed by atoms with Crippen molar-refractivity contribution < 1.29 is 0 Å². The summed E-state index contributed by atoms with van der Waals surface area (Å²) < 4.78 is 2.39. The third-order valence-electron chi connectivity index (χ3n) is 7.25. The number of nitrogens with zero attached hydrogens (tertiary/aromatic N) is 3. The normalized spacial score (nSPS) is 12.2. The van der Waals surface area contributed by atoms with Gasteiger partial charge >= 0.3 is 0 Å². The van der Waals surface area contributed by atoms with Crippen LogP contribution in [0.2, 0.25) is 0 Å². The zero-order chi connectivity index (χ0) is 25.5. The van der Waals surface area contributed by atoms with E-state index in [0.717, 1.165) is 22.6 Å². The largest absolute Gasteiger partial charge is 0.309 e. The second-order valence-electron chi connectivity index (χ2n) is 9.71. The third kappa shape index (κ3) is 3.85. The van der Waals surface area contributed by atoms with Crippen LogP contribution in [0.4, 0.5) is 0 Å². The first kappa shape index (κ1) is 22.5. The first-order chi connectivity index (χ1) is 18.8. The number of para-hydroxylation sites is 1. The molecular weight excluding hydrogens is 480 g/mol. The molecule has 0 amide bonds. The summed E-state index contributed by atoms with van der Waals surface area (Å²) in [6, 6.07) is 43.6. The molecule has 0 saturated carbocycles. The lowest BCUT2D eigenvalue weighted by Crippen LogP contribution is -2.53. The fraction of sp³-hybridized carbons (Fsp3) is 0.0303. The fourth-order valence-corrected chi connectivity index (χ4v) is 8.37. The monoisotopic (exact) mass is 506 g/mol. The summed E-state index contributed by atoms with van der Waals surface area (Å²) in [6.45, 7) is 2.03. The molecule has 3 heterocycles. The zero-order valence-corrected chi connectivity index (χ0v) is 22.2. The van der Waals surface area contributed by atoms with E-state index in [1.54, 1.807) is 0 Å². The zero-order valence-electron chi connectivity index (χ0n) is 21.0. The van der Waals surface area contributed by atoms with Crippen LogP contribution in [-0.4, -0.2) is 28.5 Å². The average Bonchev–Trinajstić information content (AvgIpc) is 3.55. The predicted octanol–water partition coefficient (Wildman–Crippen LogP) is 5.13. The summed E-state index contributed by atoms with van der Waals surface area (Å²) in [5, 5.41) is 14.0. The van der Waals surface area contributed by atoms with Crippen LogP contribution in [0, 0.1) is 6.92 Å². The molecule has 7 rings (SSSR count). The Morgan fingerprint density at radius 3 is 2.29 bits per heavy atom. The molecule has 1 N–H and O–H groups in total. The summed E-state index contributed by atoms with van der Waals surface area (Å²) in [5.41, 5.74) is 6.64. The number of pyridine rings is 1. The maximum atomic E-state index is 4.83. The van der Waals surface area contributed by atoms with Crippen LogP contribution in [0.1, 0.15) is 5.69 Å². The van der Waals surface area contributed by atoms with Gasteiger partial charge in [0.25, 0.3) is 0 Å². The standard InChI is InChI=1S/C33H26N4Si/c1-23-20-30(36-35-23)24-10-9-11-25(21-24)37-31-15-6-5-14-28(31)29-18-17-27(22-32(29)37)38(26-12-3-2-4-13-26)33-16-7-8-19-34-33/h2-22,38H,1H3,(H,35,36). The number of nitrogens with one attached hydrogen (secondary N) is 1. The van der Waals surface area contributed by atoms with Gasteiger partial charge in [-0.15, -0.1) is 0 Å². The molecule has 1 atom stereocenters. The highest BCUT2D eigenvalue weighted by Gasteiger charge is 2.22. The van der Waals surface area contributed by atoms with Crippen molar-refractivity contribution >= 4 is 46.3 Å². The van der Waals surface area contributed by atoms with Crippen LogP contribution in [0.5, 0.6) is 0 Å². The van der Waals surface area contributed by atoms with Gasteiger partial charge in [0.1, 0.15) is 0 Å². The Balaban J connectivity index is 1.47. The molecule has 0 radical (unpaired) electrons. The van der Waals surface area contributed by atoms with E-state index >= 15 is 0 Å². The lowest BCUT2D eigenvalue weighted by molar-refractivity contribution is 1.05. The minimum atomic E-state index is -1.77. The van der Waals surface area contributed by atoms with Crippen molar-refractivity contribution in [3.8, 4) is 16.9 Å². The van der Waals surface area contributed by atoms with Crippen LogP contribution in [-0.2, 0) is 0 Å². The molecule has 0 spiro atoms. The van der Waals surface area contributed by atoms with Crippen molar-refractivity contribution in [1.82, 2.24) is 19.7 Å². The molecule has 4 aromatic carbocycles. The molecule has 0 fully saturated rings. The number of aryl methyl sites for hydroxylation is 1. The Morgan fingerprint density at radius 1 is 0.658 bits per heavy atom. The molecular formula is C33H26N4Si. The van der Waals surface area contributed by atoms with E-state index in [1.807, 2.05) is 19.2 Å². The lowest BCUT2D eigenvalue weighted by Gasteiger charge is -2.17. The highest BCUT2D eigenvalue weighted by Crippen LogP contribution is 2.32. The predicted molar refractivity (Wildman–Crippen MR) is 160 cm³/mol. The number of benzene rings is 4. The maximum absolute atomic E-state index is 4.83. The van der Waals surface area contributed by atoms with Gasteiger partial charge in [-0.3, -0.25) is 10.1 Å². The van der Waals surface area contributed by atoms with Gasteiger partial charge in [0.05, 0.1) is 16.7 Å². The first-order valence-electron chi connectivity index (χ1n) is 12.9. The quantitative estimate of drug-likeness (QED) is 0.329. The fourth-order valence-electron chi connectivity index (χ4n) is 5.54. The Labute approximate surface area is 222 Å². The van der Waals surface area contributed by atoms with Gasteiger partial charge in [0, 0.05) is 39.2 Å². The third-order valence-corrected chi connectivity index (χ3v) is 10.3. The summed E-state index contributed by atoms with van der Waals surface area (Å²) >= 11 is 0. The number of rotatable bonds is 5. The molecule has 1 unspecified atom stereocenters. The molecule has 7 aromatic rings. The minimum Gasteiger partial charge on any atom is -0.309 e. The molecule has 0 aliphatic carbocycles. The molecule has 0 aliphatic heterocycles. The number of H-pyrrole nitrogens is 1. The highest BCUT2D eigenvalue weighted by molar-refractivity contribution is 6.95. The summed E-state index contributed by atoms with van der Waals surface area (Å²) in [5.74, 6) is 0. The van der Waals surface area contributed by atoms with E-state index < -0.39 is 8.80 Å². The van der Waals surface area contributed by atoms with Gasteiger partial charge in [0.15, 0.2) is 8.80 Å². The number of hydrogen-bond acceptors (Lipinski definition) is 2. The van der Waals surface area contributed by atoms with Crippen LogP contribution in [0.15, 0.2) is 128 Å². The van der Waals surface area contributed by atoms with E-state index in [4.69, 9.17) is 4.98 Å². The molecule has 4 nitrogen and oxygen atoms in total. The van der Waals surface area contributed by atoms with Gasteiger partial charge in [0.2, 0.25) is 0 Å². The smallest absolute Gasteiger partial charge is 0.155 e. The second kappa shape index (κ2) is 9.29. The average molecular weight is 507 g/mol. The molecule has 0 saturated heterocycles. The van der Waals surface area contributed by atoms with Gasteiger partial charge in [-0.25, -0.2) is 0 Å². The van der Waals surface area contributed by atoms with E-state index in [1.165, 1.54) is 37.5 Å². The summed E-state index contributed by atoms with van der Waals surface area (Å²) in [4.78, 5) is 4.83. The molecule has 0 bridgehead atoms. The Bertz CT molecular complexity index is 1850. The first-order valence-corrected chi connectivity index (χ1v) is 14.6. The Morgan fingerprint density at radius 2 is 1.47 bits per heavy atom. The molecule has 5 heteroatoms. The molecule has 38 heavy (non-hydrogen) atoms. The summed E-state index contributed by atoms with van der Waals surface area (Å²) in [6.07, 6.45) is 1.91. The van der Waals surface area contributed by atoms with Gasteiger partial charge in [-0.2, -0.15) is 5.10 Å². The van der Waals surface area contributed by atoms with Crippen LogP contribution in [0.3, 0.4) is 0 Å². The van der Waals surface area contributed by atoms with Gasteiger partial charge in [-0.05, 0) is 54.6 Å². The van der Waals surface area contributed by atoms with E-state index in [9.17, 15) is 0 Å². The summed E-state index contributed by atoms with van der Waals surface area (Å²) in [7, 11) is -1.77. The SMILES string of the molecule is Cc1cc(-c2cccc(-n3c4ccccc4c4ccc([SiH](c5ccccc5)c5ccccn5)cc43)c2)n[nH]1. The maximum Gasteiger partial charge on any atom is 0.155 e. The van der Waals surface area contributed by atoms with E-state index in [2.05, 4.69) is 130 Å². The Hall–Kier alpha value is -4.74. The van der Waals surface area contributed by atoms with Crippen LogP contribution < -0.4 is 15.7 Å². The topological polar surface area (TPSA) is 46.5 Å². The van der Waals surface area contributed by atoms with Gasteiger partial charge < -0.3 is 4.57 Å². The number of aromatic amines is 1.